The Balaban J connectivity index is 1.17. The molecule has 0 amide bonds. The lowest BCUT2D eigenvalue weighted by Gasteiger charge is -2.02. The summed E-state index contributed by atoms with van der Waals surface area (Å²) in [6.07, 6.45) is 12.1. The fourth-order valence-electron chi connectivity index (χ4n) is 4.52. The second-order valence-electron chi connectivity index (χ2n) is 10.1. The van der Waals surface area contributed by atoms with Gasteiger partial charge in [-0.3, -0.25) is 9.97 Å². The summed E-state index contributed by atoms with van der Waals surface area (Å²) in [4.78, 5) is 9.25. The van der Waals surface area contributed by atoms with Gasteiger partial charge in [-0.05, 0) is 84.3 Å². The monoisotopic (exact) mass is 512 g/mol. The van der Waals surface area contributed by atoms with Crippen molar-refractivity contribution in [2.75, 3.05) is 0 Å². The maximum absolute atomic E-state index is 4.63. The van der Waals surface area contributed by atoms with Crippen molar-refractivity contribution in [3.8, 4) is 11.8 Å². The van der Waals surface area contributed by atoms with Crippen LogP contribution in [0.3, 0.4) is 0 Å². The van der Waals surface area contributed by atoms with Crippen LogP contribution in [0.2, 0.25) is 0 Å². The van der Waals surface area contributed by atoms with Gasteiger partial charge in [-0.15, -0.1) is 0 Å². The molecule has 6 rings (SSSR count). The van der Waals surface area contributed by atoms with Gasteiger partial charge in [0.05, 0.1) is 11.4 Å². The molecule has 0 atom stereocenters. The summed E-state index contributed by atoms with van der Waals surface area (Å²) < 4.78 is 0. The van der Waals surface area contributed by atoms with Gasteiger partial charge in [-0.2, -0.15) is 0 Å². The highest BCUT2D eigenvalue weighted by Crippen LogP contribution is 2.20. The summed E-state index contributed by atoms with van der Waals surface area (Å²) in [5.74, 6) is 6.63. The van der Waals surface area contributed by atoms with E-state index in [0.717, 1.165) is 55.2 Å². The number of benzene rings is 4. The third-order valence-corrected chi connectivity index (χ3v) is 6.88. The van der Waals surface area contributed by atoms with Crippen LogP contribution in [-0.4, -0.2) is 9.97 Å². The van der Waals surface area contributed by atoms with E-state index in [1.54, 1.807) is 0 Å². The SMILES string of the molecule is Cc1ccc(C=Cc2cc3ccc(C#Cc4ccc5cc(C=Cc6ccc(C)cc6)ncc5c4)cc3cn2)cc1. The van der Waals surface area contributed by atoms with Crippen molar-refractivity contribution >= 4 is 45.8 Å². The number of hydrogen-bond acceptors (Lipinski definition) is 2. The molecule has 190 valence electrons. The number of rotatable bonds is 4. The van der Waals surface area contributed by atoms with Crippen LogP contribution in [0, 0.1) is 25.7 Å². The number of aryl methyl sites for hydroxylation is 2. The van der Waals surface area contributed by atoms with E-state index in [9.17, 15) is 0 Å². The molecule has 0 spiro atoms. The molecule has 0 fully saturated rings. The van der Waals surface area contributed by atoms with Gasteiger partial charge in [0, 0.05) is 34.3 Å². The summed E-state index contributed by atoms with van der Waals surface area (Å²) in [7, 11) is 0. The van der Waals surface area contributed by atoms with E-state index in [2.05, 4.69) is 157 Å². The van der Waals surface area contributed by atoms with Gasteiger partial charge in [-0.25, -0.2) is 0 Å². The van der Waals surface area contributed by atoms with E-state index >= 15 is 0 Å². The Bertz CT molecular complexity index is 1810. The first kappa shape index (κ1) is 25.0. The molecule has 0 unspecified atom stereocenters. The summed E-state index contributed by atoms with van der Waals surface area (Å²) >= 11 is 0. The van der Waals surface area contributed by atoms with Crippen LogP contribution in [-0.2, 0) is 0 Å². The van der Waals surface area contributed by atoms with Crippen LogP contribution in [0.4, 0.5) is 0 Å². The molecule has 0 radical (unpaired) electrons. The largest absolute Gasteiger partial charge is 0.256 e. The van der Waals surface area contributed by atoms with E-state index in [4.69, 9.17) is 0 Å². The Kier molecular flexibility index (Phi) is 7.03. The lowest BCUT2D eigenvalue weighted by molar-refractivity contribution is 1.33. The highest BCUT2D eigenvalue weighted by molar-refractivity contribution is 5.87. The number of aromatic nitrogens is 2. The molecule has 0 aliphatic heterocycles. The molecule has 40 heavy (non-hydrogen) atoms. The van der Waals surface area contributed by atoms with Crippen molar-refractivity contribution in [2.45, 2.75) is 13.8 Å². The number of hydrogen-bond donors (Lipinski definition) is 0. The van der Waals surface area contributed by atoms with Gasteiger partial charge < -0.3 is 0 Å². The molecule has 0 bridgehead atoms. The summed E-state index contributed by atoms with van der Waals surface area (Å²) in [5.41, 5.74) is 8.65. The average molecular weight is 513 g/mol. The van der Waals surface area contributed by atoms with Gasteiger partial charge in [0.15, 0.2) is 0 Å². The highest BCUT2D eigenvalue weighted by Gasteiger charge is 2.00. The first-order valence-corrected chi connectivity index (χ1v) is 13.4. The van der Waals surface area contributed by atoms with Crippen LogP contribution in [0.1, 0.15) is 44.8 Å². The predicted octanol–water partition coefficient (Wildman–Crippen LogP) is 9.14. The van der Waals surface area contributed by atoms with Gasteiger partial charge in [0.1, 0.15) is 0 Å². The minimum absolute atomic E-state index is 0.936. The molecular formula is C38H28N2. The highest BCUT2D eigenvalue weighted by atomic mass is 14.7. The van der Waals surface area contributed by atoms with Crippen molar-refractivity contribution in [1.82, 2.24) is 9.97 Å². The zero-order valence-electron chi connectivity index (χ0n) is 22.6. The predicted molar refractivity (Wildman–Crippen MR) is 170 cm³/mol. The van der Waals surface area contributed by atoms with Gasteiger partial charge in [-0.1, -0.05) is 95.8 Å². The quantitative estimate of drug-likeness (QED) is 0.220. The normalized spacial score (nSPS) is 11.3. The van der Waals surface area contributed by atoms with Gasteiger partial charge in [0.2, 0.25) is 0 Å². The molecule has 2 heterocycles. The lowest BCUT2D eigenvalue weighted by atomic mass is 10.1. The third-order valence-electron chi connectivity index (χ3n) is 6.88. The molecule has 0 aliphatic carbocycles. The molecule has 6 aromatic rings. The molecule has 0 aliphatic rings. The van der Waals surface area contributed by atoms with E-state index < -0.39 is 0 Å². The fraction of sp³-hybridized carbons (Fsp3) is 0.0526. The minimum atomic E-state index is 0.936. The van der Waals surface area contributed by atoms with E-state index in [-0.39, 0.29) is 0 Å². The molecule has 0 saturated carbocycles. The first-order chi connectivity index (χ1) is 19.6. The molecule has 0 saturated heterocycles. The summed E-state index contributed by atoms with van der Waals surface area (Å²) in [5, 5.41) is 4.45. The lowest BCUT2D eigenvalue weighted by Crippen LogP contribution is -1.85. The second kappa shape index (κ2) is 11.2. The Hall–Kier alpha value is -5.26. The maximum Gasteiger partial charge on any atom is 0.0636 e. The topological polar surface area (TPSA) is 25.8 Å². The number of nitrogens with zero attached hydrogens (tertiary/aromatic N) is 2. The summed E-state index contributed by atoms with van der Waals surface area (Å²) in [6, 6.07) is 33.7. The van der Waals surface area contributed by atoms with Crippen molar-refractivity contribution in [2.24, 2.45) is 0 Å². The molecule has 2 aromatic heterocycles. The molecule has 2 heteroatoms. The standard InChI is InChI=1S/C38H28N2/c1-27-3-7-29(8-4-27)15-19-37-23-33-17-13-31(21-35(33)25-39-37)11-12-32-14-18-34-24-38(40-26-36(34)22-32)20-16-30-9-5-28(2)6-10-30/h3-10,13-26H,1-2H3. The van der Waals surface area contributed by atoms with E-state index in [0.29, 0.717) is 0 Å². The first-order valence-electron chi connectivity index (χ1n) is 13.4. The second-order valence-corrected chi connectivity index (χ2v) is 10.1. The maximum atomic E-state index is 4.63. The van der Waals surface area contributed by atoms with Gasteiger partial charge >= 0.3 is 0 Å². The fourth-order valence-corrected chi connectivity index (χ4v) is 4.52. The Morgan fingerprint density at radius 1 is 0.450 bits per heavy atom. The summed E-state index contributed by atoms with van der Waals surface area (Å²) in [6.45, 7) is 4.19. The van der Waals surface area contributed by atoms with E-state index in [1.807, 2.05) is 12.4 Å². The smallest absolute Gasteiger partial charge is 0.0636 e. The zero-order valence-corrected chi connectivity index (χ0v) is 22.6. The number of fused-ring (bicyclic) bond motifs is 2. The third kappa shape index (κ3) is 6.07. The van der Waals surface area contributed by atoms with E-state index in [1.165, 1.54) is 11.1 Å². The zero-order chi connectivity index (χ0) is 27.3. The van der Waals surface area contributed by atoms with Crippen LogP contribution in [0.25, 0.3) is 45.8 Å². The van der Waals surface area contributed by atoms with Crippen molar-refractivity contribution in [1.29, 1.82) is 0 Å². The van der Waals surface area contributed by atoms with Gasteiger partial charge in [0.25, 0.3) is 0 Å². The molecule has 4 aromatic carbocycles. The van der Waals surface area contributed by atoms with Crippen LogP contribution >= 0.6 is 0 Å². The molecule has 0 N–H and O–H groups in total. The molecular weight excluding hydrogens is 484 g/mol. The van der Waals surface area contributed by atoms with Crippen LogP contribution in [0.5, 0.6) is 0 Å². The van der Waals surface area contributed by atoms with Crippen molar-refractivity contribution in [3.63, 3.8) is 0 Å². The Morgan fingerprint density at radius 2 is 0.875 bits per heavy atom. The average Bonchev–Trinajstić information content (AvgIpc) is 2.99. The Morgan fingerprint density at radius 3 is 1.30 bits per heavy atom. The number of pyridine rings is 2. The minimum Gasteiger partial charge on any atom is -0.256 e. The van der Waals surface area contributed by atoms with Crippen LogP contribution in [0.15, 0.2) is 109 Å². The van der Waals surface area contributed by atoms with Crippen molar-refractivity contribution in [3.05, 3.63) is 154 Å². The van der Waals surface area contributed by atoms with Crippen LogP contribution < -0.4 is 0 Å². The Labute approximate surface area is 235 Å². The molecule has 2 nitrogen and oxygen atoms in total. The van der Waals surface area contributed by atoms with Crippen molar-refractivity contribution < 1.29 is 0 Å².